The van der Waals surface area contributed by atoms with Crippen LogP contribution >= 0.6 is 23.1 Å². The molecule has 0 fully saturated rings. The van der Waals surface area contributed by atoms with Gasteiger partial charge in [-0.25, -0.2) is 4.98 Å². The lowest BCUT2D eigenvalue weighted by molar-refractivity contribution is 0.102. The van der Waals surface area contributed by atoms with Crippen molar-refractivity contribution in [2.75, 3.05) is 11.6 Å². The van der Waals surface area contributed by atoms with E-state index in [0.29, 0.717) is 5.56 Å². The van der Waals surface area contributed by atoms with Gasteiger partial charge in [-0.15, -0.1) is 23.1 Å². The number of carbonyl (C=O) groups excluding carboxylic acids is 1. The van der Waals surface area contributed by atoms with Crippen molar-refractivity contribution in [3.8, 4) is 21.8 Å². The summed E-state index contributed by atoms with van der Waals surface area (Å²) < 4.78 is 0. The smallest absolute Gasteiger partial charge is 0.256 e. The van der Waals surface area contributed by atoms with Gasteiger partial charge in [-0.2, -0.15) is 0 Å². The number of hydrogen-bond donors (Lipinski definition) is 1. The second kappa shape index (κ2) is 8.42. The lowest BCUT2D eigenvalue weighted by atomic mass is 10.1. The van der Waals surface area contributed by atoms with Crippen LogP contribution in [-0.4, -0.2) is 17.1 Å². The van der Waals surface area contributed by atoms with Crippen LogP contribution in [0.2, 0.25) is 0 Å². The Balaban J connectivity index is 1.57. The molecule has 0 atom stereocenters. The normalized spacial score (nSPS) is 10.6. The summed E-state index contributed by atoms with van der Waals surface area (Å²) in [5.41, 5.74) is 4.43. The standard InChI is InChI=1S/C23H18N2OS2/c1-27-21-13-6-5-12-19(21)22(26)24-18-11-7-10-17(14-18)20-15-28-23(25-20)16-8-3-2-4-9-16/h2-15H,1H3,(H,24,26). The summed E-state index contributed by atoms with van der Waals surface area (Å²) in [5.74, 6) is -0.106. The van der Waals surface area contributed by atoms with Crippen LogP contribution in [0.15, 0.2) is 89.1 Å². The second-order valence-corrected chi connectivity index (χ2v) is 7.85. The molecule has 1 heterocycles. The number of benzene rings is 3. The number of thiazole rings is 1. The zero-order valence-electron chi connectivity index (χ0n) is 15.3. The SMILES string of the molecule is CSc1ccccc1C(=O)Nc1cccc(-c2csc(-c3ccccc3)n2)c1. The zero-order chi connectivity index (χ0) is 19.3. The van der Waals surface area contributed by atoms with Crippen molar-refractivity contribution < 1.29 is 4.79 Å². The van der Waals surface area contributed by atoms with Crippen LogP contribution in [-0.2, 0) is 0 Å². The largest absolute Gasteiger partial charge is 0.322 e. The number of rotatable bonds is 5. The van der Waals surface area contributed by atoms with Crippen LogP contribution in [0, 0.1) is 0 Å². The molecule has 4 aromatic rings. The molecule has 28 heavy (non-hydrogen) atoms. The molecule has 0 radical (unpaired) electrons. The molecule has 0 unspecified atom stereocenters. The van der Waals surface area contributed by atoms with Crippen molar-refractivity contribution in [3.63, 3.8) is 0 Å². The fourth-order valence-corrected chi connectivity index (χ4v) is 4.34. The van der Waals surface area contributed by atoms with Crippen molar-refractivity contribution in [3.05, 3.63) is 89.8 Å². The number of hydrogen-bond acceptors (Lipinski definition) is 4. The number of nitrogens with one attached hydrogen (secondary N) is 1. The molecule has 0 aliphatic carbocycles. The number of carbonyl (C=O) groups is 1. The summed E-state index contributed by atoms with van der Waals surface area (Å²) >= 11 is 3.18. The van der Waals surface area contributed by atoms with E-state index in [0.717, 1.165) is 32.4 Å². The average molecular weight is 403 g/mol. The number of thioether (sulfide) groups is 1. The van der Waals surface area contributed by atoms with E-state index < -0.39 is 0 Å². The Hall–Kier alpha value is -2.89. The lowest BCUT2D eigenvalue weighted by Gasteiger charge is -2.09. The number of amides is 1. The van der Waals surface area contributed by atoms with E-state index in [2.05, 4.69) is 17.4 Å². The molecular formula is C23H18N2OS2. The first-order valence-electron chi connectivity index (χ1n) is 8.80. The number of aromatic nitrogens is 1. The van der Waals surface area contributed by atoms with Crippen LogP contribution in [0.4, 0.5) is 5.69 Å². The summed E-state index contributed by atoms with van der Waals surface area (Å²) in [4.78, 5) is 18.4. The molecular weight excluding hydrogens is 384 g/mol. The van der Waals surface area contributed by atoms with Gasteiger partial charge in [0.2, 0.25) is 0 Å². The Labute approximate surface area is 172 Å². The summed E-state index contributed by atoms with van der Waals surface area (Å²) in [6.45, 7) is 0. The molecule has 1 aromatic heterocycles. The fraction of sp³-hybridized carbons (Fsp3) is 0.0435. The molecule has 138 valence electrons. The van der Waals surface area contributed by atoms with Crippen LogP contribution in [0.1, 0.15) is 10.4 Å². The minimum Gasteiger partial charge on any atom is -0.322 e. The van der Waals surface area contributed by atoms with Gasteiger partial charge in [0.05, 0.1) is 11.3 Å². The third-order valence-electron chi connectivity index (χ3n) is 4.29. The van der Waals surface area contributed by atoms with Gasteiger partial charge in [0, 0.05) is 27.1 Å². The summed E-state index contributed by atoms with van der Waals surface area (Å²) in [5, 5.41) is 6.04. The van der Waals surface area contributed by atoms with E-state index in [-0.39, 0.29) is 5.91 Å². The van der Waals surface area contributed by atoms with Crippen molar-refractivity contribution in [1.82, 2.24) is 4.98 Å². The molecule has 0 aliphatic heterocycles. The highest BCUT2D eigenvalue weighted by Crippen LogP contribution is 2.30. The van der Waals surface area contributed by atoms with Gasteiger partial charge >= 0.3 is 0 Å². The highest BCUT2D eigenvalue weighted by atomic mass is 32.2. The van der Waals surface area contributed by atoms with Crippen molar-refractivity contribution in [1.29, 1.82) is 0 Å². The van der Waals surface area contributed by atoms with E-state index in [1.165, 1.54) is 0 Å². The maximum absolute atomic E-state index is 12.7. The van der Waals surface area contributed by atoms with Crippen molar-refractivity contribution >= 4 is 34.7 Å². The minimum absolute atomic E-state index is 0.106. The first-order valence-corrected chi connectivity index (χ1v) is 10.9. The highest BCUT2D eigenvalue weighted by molar-refractivity contribution is 7.98. The Morgan fingerprint density at radius 2 is 1.68 bits per heavy atom. The molecule has 0 bridgehead atoms. The van der Waals surface area contributed by atoms with Crippen LogP contribution in [0.25, 0.3) is 21.8 Å². The fourth-order valence-electron chi connectivity index (χ4n) is 2.91. The van der Waals surface area contributed by atoms with Gasteiger partial charge in [-0.3, -0.25) is 4.79 Å². The van der Waals surface area contributed by atoms with Crippen molar-refractivity contribution in [2.45, 2.75) is 4.90 Å². The van der Waals surface area contributed by atoms with E-state index in [9.17, 15) is 4.79 Å². The zero-order valence-corrected chi connectivity index (χ0v) is 16.9. The molecule has 0 saturated heterocycles. The Kier molecular flexibility index (Phi) is 5.55. The molecule has 3 aromatic carbocycles. The Morgan fingerprint density at radius 3 is 2.50 bits per heavy atom. The summed E-state index contributed by atoms with van der Waals surface area (Å²) in [7, 11) is 0. The van der Waals surface area contributed by atoms with Crippen LogP contribution in [0.5, 0.6) is 0 Å². The molecule has 4 rings (SSSR count). The lowest BCUT2D eigenvalue weighted by Crippen LogP contribution is -2.12. The summed E-state index contributed by atoms with van der Waals surface area (Å²) in [6, 6.07) is 25.6. The second-order valence-electron chi connectivity index (χ2n) is 6.14. The number of anilines is 1. The predicted octanol–water partition coefficient (Wildman–Crippen LogP) is 6.45. The van der Waals surface area contributed by atoms with E-state index in [4.69, 9.17) is 4.98 Å². The van der Waals surface area contributed by atoms with Gasteiger partial charge < -0.3 is 5.32 Å². The third-order valence-corrected chi connectivity index (χ3v) is 5.98. The third kappa shape index (κ3) is 4.01. The molecule has 0 saturated carbocycles. The van der Waals surface area contributed by atoms with Gasteiger partial charge in [0.15, 0.2) is 0 Å². The van der Waals surface area contributed by atoms with E-state index >= 15 is 0 Å². The molecule has 3 nitrogen and oxygen atoms in total. The topological polar surface area (TPSA) is 42.0 Å². The molecule has 1 N–H and O–H groups in total. The van der Waals surface area contributed by atoms with E-state index in [1.807, 2.05) is 78.4 Å². The first-order chi connectivity index (χ1) is 13.7. The monoisotopic (exact) mass is 402 g/mol. The van der Waals surface area contributed by atoms with Crippen LogP contribution in [0.3, 0.4) is 0 Å². The van der Waals surface area contributed by atoms with Gasteiger partial charge in [-0.05, 0) is 30.5 Å². The van der Waals surface area contributed by atoms with Crippen molar-refractivity contribution in [2.24, 2.45) is 0 Å². The van der Waals surface area contributed by atoms with Gasteiger partial charge in [0.1, 0.15) is 5.01 Å². The van der Waals surface area contributed by atoms with Gasteiger partial charge in [0.25, 0.3) is 5.91 Å². The maximum atomic E-state index is 12.7. The molecule has 0 aliphatic rings. The quantitative estimate of drug-likeness (QED) is 0.390. The average Bonchev–Trinajstić information content (AvgIpc) is 3.25. The molecule has 1 amide bonds. The number of nitrogens with zero attached hydrogens (tertiary/aromatic N) is 1. The van der Waals surface area contributed by atoms with Gasteiger partial charge in [-0.1, -0.05) is 54.6 Å². The predicted molar refractivity (Wildman–Crippen MR) is 119 cm³/mol. The molecule has 0 spiro atoms. The minimum atomic E-state index is -0.106. The summed E-state index contributed by atoms with van der Waals surface area (Å²) in [6.07, 6.45) is 1.97. The van der Waals surface area contributed by atoms with E-state index in [1.54, 1.807) is 23.1 Å². The molecule has 5 heteroatoms. The maximum Gasteiger partial charge on any atom is 0.256 e. The Bertz CT molecular complexity index is 1110. The Morgan fingerprint density at radius 1 is 0.929 bits per heavy atom. The first kappa shape index (κ1) is 18.5. The highest BCUT2D eigenvalue weighted by Gasteiger charge is 2.12. The van der Waals surface area contributed by atoms with Crippen LogP contribution < -0.4 is 5.32 Å².